The quantitative estimate of drug-likeness (QED) is 0.539. The van der Waals surface area contributed by atoms with Gasteiger partial charge in [-0.25, -0.2) is 0 Å². The number of carbonyl (C=O) groups excluding carboxylic acids is 1. The maximum Gasteiger partial charge on any atom is 0.231 e. The number of anilines is 1. The molecule has 1 aromatic carbocycles. The Balaban J connectivity index is 1.48. The number of amides is 1. The fourth-order valence-electron chi connectivity index (χ4n) is 3.00. The summed E-state index contributed by atoms with van der Waals surface area (Å²) < 4.78 is 2.25. The highest BCUT2D eigenvalue weighted by molar-refractivity contribution is 7.15. The molecule has 0 fully saturated rings. The fraction of sp³-hybridized carbons (Fsp3) is 0.211. The first kappa shape index (κ1) is 16.9. The van der Waals surface area contributed by atoms with Crippen LogP contribution < -0.4 is 5.32 Å². The molecule has 0 spiro atoms. The van der Waals surface area contributed by atoms with E-state index >= 15 is 0 Å². The van der Waals surface area contributed by atoms with Crippen LogP contribution in [0.2, 0.25) is 0 Å². The third-order valence-electron chi connectivity index (χ3n) is 4.18. The van der Waals surface area contributed by atoms with E-state index in [9.17, 15) is 4.79 Å². The third kappa shape index (κ3) is 3.54. The molecule has 0 bridgehead atoms. The maximum absolute atomic E-state index is 12.1. The molecule has 0 saturated carbocycles. The minimum atomic E-state index is -0.0577. The lowest BCUT2D eigenvalue weighted by Gasteiger charge is -1.98. The SMILES string of the molecule is CCn1cc(Cc2nnc(NC(=O)Cc3cccs3)s2)c2ccccc21. The third-order valence-corrected chi connectivity index (χ3v) is 5.90. The molecule has 7 heteroatoms. The topological polar surface area (TPSA) is 59.8 Å². The second-order valence-electron chi connectivity index (χ2n) is 5.94. The van der Waals surface area contributed by atoms with Crippen LogP contribution >= 0.6 is 22.7 Å². The number of aromatic nitrogens is 3. The Labute approximate surface area is 159 Å². The van der Waals surface area contributed by atoms with Crippen LogP contribution in [-0.4, -0.2) is 20.7 Å². The van der Waals surface area contributed by atoms with Crippen molar-refractivity contribution in [3.05, 3.63) is 63.4 Å². The molecule has 0 atom stereocenters. The Morgan fingerprint density at radius 3 is 2.88 bits per heavy atom. The Morgan fingerprint density at radius 2 is 2.08 bits per heavy atom. The molecular weight excluding hydrogens is 364 g/mol. The molecule has 0 saturated heterocycles. The molecule has 3 aromatic heterocycles. The van der Waals surface area contributed by atoms with Gasteiger partial charge in [0, 0.05) is 34.9 Å². The van der Waals surface area contributed by atoms with Crippen molar-refractivity contribution in [2.75, 3.05) is 5.32 Å². The number of nitrogens with zero attached hydrogens (tertiary/aromatic N) is 3. The second-order valence-corrected chi connectivity index (χ2v) is 8.03. The van der Waals surface area contributed by atoms with Gasteiger partial charge < -0.3 is 9.88 Å². The smallest absolute Gasteiger partial charge is 0.231 e. The summed E-state index contributed by atoms with van der Waals surface area (Å²) in [5.41, 5.74) is 2.47. The summed E-state index contributed by atoms with van der Waals surface area (Å²) >= 11 is 3.01. The van der Waals surface area contributed by atoms with Gasteiger partial charge in [-0.2, -0.15) is 0 Å². The minimum Gasteiger partial charge on any atom is -0.347 e. The van der Waals surface area contributed by atoms with Crippen molar-refractivity contribution in [1.82, 2.24) is 14.8 Å². The van der Waals surface area contributed by atoms with E-state index in [4.69, 9.17) is 0 Å². The first-order chi connectivity index (χ1) is 12.7. The van der Waals surface area contributed by atoms with Crippen LogP contribution in [-0.2, 0) is 24.2 Å². The van der Waals surface area contributed by atoms with Crippen molar-refractivity contribution in [2.24, 2.45) is 0 Å². The predicted molar refractivity (Wildman–Crippen MR) is 107 cm³/mol. The lowest BCUT2D eigenvalue weighted by molar-refractivity contribution is -0.115. The Morgan fingerprint density at radius 1 is 1.19 bits per heavy atom. The number of benzene rings is 1. The lowest BCUT2D eigenvalue weighted by atomic mass is 10.1. The molecule has 0 aliphatic heterocycles. The molecule has 4 aromatic rings. The van der Waals surface area contributed by atoms with Crippen LogP contribution in [0, 0.1) is 0 Å². The van der Waals surface area contributed by atoms with Gasteiger partial charge in [-0.3, -0.25) is 4.79 Å². The summed E-state index contributed by atoms with van der Waals surface area (Å²) in [6, 6.07) is 12.3. The van der Waals surface area contributed by atoms with E-state index in [2.05, 4.69) is 57.5 Å². The molecule has 3 heterocycles. The summed E-state index contributed by atoms with van der Waals surface area (Å²) in [6.45, 7) is 3.07. The number of rotatable bonds is 6. The standard InChI is InChI=1S/C19H18N4OS2/c1-2-23-12-13(15-7-3-4-8-16(15)23)10-18-21-22-19(26-18)20-17(24)11-14-6-5-9-25-14/h3-9,12H,2,10-11H2,1H3,(H,20,22,24). The molecule has 5 nitrogen and oxygen atoms in total. The van der Waals surface area contributed by atoms with E-state index in [1.807, 2.05) is 17.5 Å². The van der Waals surface area contributed by atoms with Crippen molar-refractivity contribution in [1.29, 1.82) is 0 Å². The van der Waals surface area contributed by atoms with Gasteiger partial charge in [0.15, 0.2) is 0 Å². The zero-order valence-corrected chi connectivity index (χ0v) is 15.9. The van der Waals surface area contributed by atoms with Gasteiger partial charge in [0.1, 0.15) is 5.01 Å². The Bertz CT molecular complexity index is 1030. The van der Waals surface area contributed by atoms with Crippen LogP contribution in [0.3, 0.4) is 0 Å². The highest BCUT2D eigenvalue weighted by atomic mass is 32.1. The van der Waals surface area contributed by atoms with Crippen LogP contribution in [0.4, 0.5) is 5.13 Å². The molecule has 0 aliphatic rings. The van der Waals surface area contributed by atoms with Gasteiger partial charge in [0.2, 0.25) is 11.0 Å². The average molecular weight is 383 g/mol. The maximum atomic E-state index is 12.1. The lowest BCUT2D eigenvalue weighted by Crippen LogP contribution is -2.13. The van der Waals surface area contributed by atoms with Crippen molar-refractivity contribution >= 4 is 44.6 Å². The molecule has 0 aliphatic carbocycles. The van der Waals surface area contributed by atoms with E-state index in [-0.39, 0.29) is 5.91 Å². The predicted octanol–water partition coefficient (Wildman–Crippen LogP) is 4.35. The molecule has 0 unspecified atom stereocenters. The van der Waals surface area contributed by atoms with Gasteiger partial charge in [0.25, 0.3) is 0 Å². The number of aryl methyl sites for hydroxylation is 1. The first-order valence-electron chi connectivity index (χ1n) is 8.44. The average Bonchev–Trinajstić information content (AvgIpc) is 3.37. The summed E-state index contributed by atoms with van der Waals surface area (Å²) in [7, 11) is 0. The van der Waals surface area contributed by atoms with Crippen molar-refractivity contribution in [2.45, 2.75) is 26.3 Å². The number of fused-ring (bicyclic) bond motifs is 1. The van der Waals surface area contributed by atoms with E-state index in [0.717, 1.165) is 16.4 Å². The van der Waals surface area contributed by atoms with Gasteiger partial charge in [0.05, 0.1) is 6.42 Å². The number of nitrogens with one attached hydrogen (secondary N) is 1. The van der Waals surface area contributed by atoms with Gasteiger partial charge in [-0.1, -0.05) is 35.6 Å². The highest BCUT2D eigenvalue weighted by Gasteiger charge is 2.13. The monoisotopic (exact) mass is 382 g/mol. The summed E-state index contributed by atoms with van der Waals surface area (Å²) in [5, 5.41) is 15.9. The highest BCUT2D eigenvalue weighted by Crippen LogP contribution is 2.26. The Kier molecular flexibility index (Phi) is 4.81. The largest absolute Gasteiger partial charge is 0.347 e. The number of carbonyl (C=O) groups is 1. The van der Waals surface area contributed by atoms with E-state index in [1.165, 1.54) is 27.8 Å². The second kappa shape index (κ2) is 7.39. The molecule has 1 amide bonds. The zero-order chi connectivity index (χ0) is 17.9. The van der Waals surface area contributed by atoms with Crippen LogP contribution in [0.5, 0.6) is 0 Å². The normalized spacial score (nSPS) is 11.1. The molecule has 1 N–H and O–H groups in total. The number of hydrogen-bond acceptors (Lipinski definition) is 5. The van der Waals surface area contributed by atoms with Crippen molar-refractivity contribution in [3.63, 3.8) is 0 Å². The molecule has 4 rings (SSSR count). The van der Waals surface area contributed by atoms with E-state index < -0.39 is 0 Å². The fourth-order valence-corrected chi connectivity index (χ4v) is 4.48. The van der Waals surface area contributed by atoms with Crippen LogP contribution in [0.25, 0.3) is 10.9 Å². The van der Waals surface area contributed by atoms with Gasteiger partial charge in [-0.15, -0.1) is 21.5 Å². The number of thiophene rings is 1. The van der Waals surface area contributed by atoms with Gasteiger partial charge in [-0.05, 0) is 30.0 Å². The van der Waals surface area contributed by atoms with Crippen molar-refractivity contribution < 1.29 is 4.79 Å². The number of hydrogen-bond donors (Lipinski definition) is 1. The Hall–Kier alpha value is -2.51. The zero-order valence-electron chi connectivity index (χ0n) is 14.3. The summed E-state index contributed by atoms with van der Waals surface area (Å²) in [6.07, 6.45) is 3.27. The molecular formula is C19H18N4OS2. The molecule has 0 radical (unpaired) electrons. The summed E-state index contributed by atoms with van der Waals surface area (Å²) in [5.74, 6) is -0.0577. The van der Waals surface area contributed by atoms with E-state index in [0.29, 0.717) is 18.0 Å². The first-order valence-corrected chi connectivity index (χ1v) is 10.1. The van der Waals surface area contributed by atoms with E-state index in [1.54, 1.807) is 11.3 Å². The minimum absolute atomic E-state index is 0.0577. The van der Waals surface area contributed by atoms with Crippen molar-refractivity contribution in [3.8, 4) is 0 Å². The number of para-hydroxylation sites is 1. The van der Waals surface area contributed by atoms with Crippen LogP contribution in [0.1, 0.15) is 22.4 Å². The summed E-state index contributed by atoms with van der Waals surface area (Å²) in [4.78, 5) is 13.1. The van der Waals surface area contributed by atoms with Crippen LogP contribution in [0.15, 0.2) is 48.0 Å². The van der Waals surface area contributed by atoms with Gasteiger partial charge >= 0.3 is 0 Å². The molecule has 26 heavy (non-hydrogen) atoms. The molecule has 132 valence electrons.